The maximum Gasteiger partial charge on any atom is 0.303 e. The van der Waals surface area contributed by atoms with Gasteiger partial charge in [-0.3, -0.25) is 9.59 Å². The number of fused-ring (bicyclic) bond motifs is 3. The van der Waals surface area contributed by atoms with Gasteiger partial charge in [0.05, 0.1) is 12.6 Å². The Morgan fingerprint density at radius 2 is 2.00 bits per heavy atom. The van der Waals surface area contributed by atoms with Crippen LogP contribution in [0.15, 0.2) is 34.1 Å². The number of nitrogens with zero attached hydrogens (tertiary/aromatic N) is 1. The minimum absolute atomic E-state index is 0.0539. The minimum Gasteiger partial charge on any atom is -0.495 e. The van der Waals surface area contributed by atoms with Gasteiger partial charge >= 0.3 is 5.97 Å². The summed E-state index contributed by atoms with van der Waals surface area (Å²) in [6.45, 7) is 1.84. The number of sulfonamides is 1. The highest BCUT2D eigenvalue weighted by atomic mass is 32.2. The van der Waals surface area contributed by atoms with E-state index >= 15 is 0 Å². The predicted molar refractivity (Wildman–Crippen MR) is 113 cm³/mol. The molecule has 10 heteroatoms. The molecule has 0 unspecified atom stereocenters. The van der Waals surface area contributed by atoms with Gasteiger partial charge < -0.3 is 19.8 Å². The van der Waals surface area contributed by atoms with Crippen LogP contribution in [0.1, 0.15) is 32.6 Å². The van der Waals surface area contributed by atoms with Crippen LogP contribution in [0, 0.1) is 0 Å². The maximum absolute atomic E-state index is 12.9. The summed E-state index contributed by atoms with van der Waals surface area (Å²) in [4.78, 5) is 27.4. The molecule has 0 amide bonds. The highest BCUT2D eigenvalue weighted by Gasteiger charge is 2.36. The average molecular weight is 436 g/mol. The molecule has 0 radical (unpaired) electrons. The Balaban J connectivity index is 0.000000377. The lowest BCUT2D eigenvalue weighted by molar-refractivity contribution is -0.137. The van der Waals surface area contributed by atoms with E-state index in [1.54, 1.807) is 31.4 Å². The number of hydrogen-bond donors (Lipinski definition) is 3. The third-order valence-electron chi connectivity index (χ3n) is 5.00. The lowest BCUT2D eigenvalue weighted by Crippen LogP contribution is -2.29. The van der Waals surface area contributed by atoms with Crippen LogP contribution in [0.5, 0.6) is 5.75 Å². The van der Waals surface area contributed by atoms with E-state index < -0.39 is 16.0 Å². The highest BCUT2D eigenvalue weighted by molar-refractivity contribution is 7.89. The van der Waals surface area contributed by atoms with Gasteiger partial charge in [0.15, 0.2) is 0 Å². The Kier molecular flexibility index (Phi) is 6.18. The molecule has 1 aliphatic carbocycles. The number of methoxy groups -OCH3 is 1. The number of aromatic amines is 2. The summed E-state index contributed by atoms with van der Waals surface area (Å²) in [5.74, 6) is -0.488. The number of benzene rings is 1. The molecule has 0 atom stereocenters. The molecule has 0 saturated heterocycles. The monoisotopic (exact) mass is 435 g/mol. The van der Waals surface area contributed by atoms with Gasteiger partial charge in [0.25, 0.3) is 5.56 Å². The van der Waals surface area contributed by atoms with Crippen molar-refractivity contribution < 1.29 is 23.1 Å². The summed E-state index contributed by atoms with van der Waals surface area (Å²) >= 11 is 0. The molecule has 0 aliphatic heterocycles. The van der Waals surface area contributed by atoms with Gasteiger partial charge in [-0.25, -0.2) is 8.42 Å². The predicted octanol–water partition coefficient (Wildman–Crippen LogP) is 2.67. The number of H-pyrrole nitrogens is 2. The van der Waals surface area contributed by atoms with Crippen molar-refractivity contribution >= 4 is 37.8 Å². The van der Waals surface area contributed by atoms with Crippen molar-refractivity contribution in [2.24, 2.45) is 0 Å². The Morgan fingerprint density at radius 3 is 2.53 bits per heavy atom. The molecule has 1 aliphatic rings. The number of rotatable bonds is 6. The van der Waals surface area contributed by atoms with Crippen LogP contribution in [-0.4, -0.2) is 54.0 Å². The fourth-order valence-electron chi connectivity index (χ4n) is 3.22. The maximum atomic E-state index is 12.9. The Labute approximate surface area is 173 Å². The fraction of sp³-hybridized carbons (Fsp3) is 0.400. The molecule has 2 aromatic heterocycles. The number of aliphatic carboxylic acids is 1. The lowest BCUT2D eigenvalue weighted by Gasteiger charge is -2.19. The summed E-state index contributed by atoms with van der Waals surface area (Å²) in [7, 11) is -0.652. The van der Waals surface area contributed by atoms with Crippen LogP contribution in [0.25, 0.3) is 21.8 Å². The number of nitrogens with one attached hydrogen (secondary N) is 2. The van der Waals surface area contributed by atoms with E-state index in [0.29, 0.717) is 28.2 Å². The second kappa shape index (κ2) is 8.49. The molecular weight excluding hydrogens is 410 g/mol. The number of ether oxygens (including phenoxy) is 1. The van der Waals surface area contributed by atoms with E-state index in [-0.39, 0.29) is 22.2 Å². The normalized spacial score (nSPS) is 14.0. The van der Waals surface area contributed by atoms with Crippen molar-refractivity contribution in [3.63, 3.8) is 0 Å². The number of aromatic nitrogens is 2. The van der Waals surface area contributed by atoms with E-state index in [4.69, 9.17) is 9.84 Å². The molecule has 1 fully saturated rings. The van der Waals surface area contributed by atoms with Crippen LogP contribution in [0.2, 0.25) is 0 Å². The average Bonchev–Trinajstić information content (AvgIpc) is 3.42. The second-order valence-electron chi connectivity index (χ2n) is 7.17. The molecular formula is C20H25N3O6S. The van der Waals surface area contributed by atoms with E-state index in [1.807, 2.05) is 6.92 Å². The third kappa shape index (κ3) is 4.19. The quantitative estimate of drug-likeness (QED) is 0.545. The molecule has 1 saturated carbocycles. The lowest BCUT2D eigenvalue weighted by atomic mass is 10.1. The number of pyridine rings is 1. The summed E-state index contributed by atoms with van der Waals surface area (Å²) in [5, 5.41) is 9.26. The van der Waals surface area contributed by atoms with Crippen molar-refractivity contribution in [2.45, 2.75) is 43.5 Å². The van der Waals surface area contributed by atoms with E-state index in [2.05, 4.69) is 9.97 Å². The minimum atomic E-state index is -3.67. The molecule has 0 spiro atoms. The van der Waals surface area contributed by atoms with Gasteiger partial charge in [-0.15, -0.1) is 0 Å². The van der Waals surface area contributed by atoms with Crippen LogP contribution >= 0.6 is 0 Å². The fourth-order valence-corrected chi connectivity index (χ4v) is 4.79. The van der Waals surface area contributed by atoms with Crippen molar-refractivity contribution in [3.8, 4) is 5.75 Å². The standard InChI is InChI=1S/C16H17N3O4S.C4H8O2/c1-19(9-3-4-9)24(21,22)14-7-11-10-5-6-17-15(10)16(20)18-12(11)8-13(14)23-2;1-2-3-4(5)6/h5-9,17H,3-4H2,1-2H3,(H,18,20);2-3H2,1H3,(H,5,6). The van der Waals surface area contributed by atoms with Gasteiger partial charge in [-0.2, -0.15) is 4.31 Å². The van der Waals surface area contributed by atoms with E-state index in [0.717, 1.165) is 19.3 Å². The third-order valence-corrected chi connectivity index (χ3v) is 6.93. The molecule has 3 N–H and O–H groups in total. The zero-order valence-corrected chi connectivity index (χ0v) is 17.9. The summed E-state index contributed by atoms with van der Waals surface area (Å²) in [6.07, 6.45) is 4.44. The number of carboxylic acids is 1. The van der Waals surface area contributed by atoms with Gasteiger partial charge in [-0.05, 0) is 31.4 Å². The first-order valence-electron chi connectivity index (χ1n) is 9.61. The topological polar surface area (TPSA) is 133 Å². The van der Waals surface area contributed by atoms with Crippen LogP contribution < -0.4 is 10.3 Å². The molecule has 1 aromatic carbocycles. The molecule has 162 valence electrons. The first kappa shape index (κ1) is 21.8. The highest BCUT2D eigenvalue weighted by Crippen LogP contribution is 2.36. The smallest absolute Gasteiger partial charge is 0.303 e. The number of hydrogen-bond acceptors (Lipinski definition) is 5. The molecule has 3 aromatic rings. The zero-order valence-electron chi connectivity index (χ0n) is 17.1. The second-order valence-corrected chi connectivity index (χ2v) is 9.13. The molecule has 30 heavy (non-hydrogen) atoms. The number of carboxylic acid groups (broad SMARTS) is 1. The van der Waals surface area contributed by atoms with Crippen molar-refractivity contribution in [2.75, 3.05) is 14.2 Å². The van der Waals surface area contributed by atoms with Crippen molar-refractivity contribution in [3.05, 3.63) is 34.7 Å². The Hall–Kier alpha value is -2.85. The number of carbonyl (C=O) groups is 1. The Bertz CT molecular complexity index is 1240. The van der Waals surface area contributed by atoms with Gasteiger partial charge in [0.1, 0.15) is 16.2 Å². The summed E-state index contributed by atoms with van der Waals surface area (Å²) in [6, 6.07) is 4.96. The molecule has 9 nitrogen and oxygen atoms in total. The van der Waals surface area contributed by atoms with Crippen molar-refractivity contribution in [1.82, 2.24) is 14.3 Å². The molecule has 2 heterocycles. The summed E-state index contributed by atoms with van der Waals surface area (Å²) in [5.41, 5.74) is 0.707. The Morgan fingerprint density at radius 1 is 1.30 bits per heavy atom. The van der Waals surface area contributed by atoms with Crippen molar-refractivity contribution in [1.29, 1.82) is 0 Å². The molecule has 4 rings (SSSR count). The van der Waals surface area contributed by atoms with Gasteiger partial charge in [0, 0.05) is 42.5 Å². The van der Waals surface area contributed by atoms with Crippen LogP contribution in [-0.2, 0) is 14.8 Å². The largest absolute Gasteiger partial charge is 0.495 e. The first-order valence-corrected chi connectivity index (χ1v) is 11.1. The zero-order chi connectivity index (χ0) is 22.1. The molecule has 0 bridgehead atoms. The van der Waals surface area contributed by atoms with E-state index in [1.165, 1.54) is 11.4 Å². The van der Waals surface area contributed by atoms with Gasteiger partial charge in [-0.1, -0.05) is 6.92 Å². The first-order chi connectivity index (χ1) is 14.2. The van der Waals surface area contributed by atoms with Gasteiger partial charge in [0.2, 0.25) is 10.0 Å². The summed E-state index contributed by atoms with van der Waals surface area (Å²) < 4.78 is 32.6. The van der Waals surface area contributed by atoms with E-state index in [9.17, 15) is 18.0 Å². The van der Waals surface area contributed by atoms with Crippen LogP contribution in [0.3, 0.4) is 0 Å². The SMILES string of the molecule is CCCC(=O)O.COc1cc2[nH]c(=O)c3[nH]ccc3c2cc1S(=O)(=O)N(C)C1CC1. The van der Waals surface area contributed by atoms with Crippen LogP contribution in [0.4, 0.5) is 0 Å².